The van der Waals surface area contributed by atoms with Gasteiger partial charge in [-0.3, -0.25) is 4.90 Å². The third-order valence-electron chi connectivity index (χ3n) is 9.78. The van der Waals surface area contributed by atoms with E-state index in [1.165, 1.54) is 16.2 Å². The number of piperidine rings is 1. The van der Waals surface area contributed by atoms with Crippen LogP contribution in [-0.4, -0.2) is 94.7 Å². The number of nitrogen functional groups attached to an aromatic ring is 1. The number of hydrogen-bond donors (Lipinski definition) is 2. The monoisotopic (exact) mass is 579 g/mol. The molecule has 216 valence electrons. The molecule has 3 N–H and O–H groups in total. The Hall–Kier alpha value is -3.26. The van der Waals surface area contributed by atoms with Crippen molar-refractivity contribution >= 4 is 28.2 Å². The average Bonchev–Trinajstić information content (AvgIpc) is 3.64. The van der Waals surface area contributed by atoms with Crippen LogP contribution in [0.2, 0.25) is 0 Å². The van der Waals surface area contributed by atoms with Gasteiger partial charge in [-0.2, -0.15) is 20.2 Å². The molecule has 0 bridgehead atoms. The van der Waals surface area contributed by atoms with Crippen LogP contribution in [-0.2, 0) is 11.8 Å². The Morgan fingerprint density at radius 1 is 1.15 bits per heavy atom. The van der Waals surface area contributed by atoms with Crippen LogP contribution in [0, 0.1) is 17.9 Å². The van der Waals surface area contributed by atoms with E-state index in [9.17, 15) is 14.8 Å². The first-order valence-corrected chi connectivity index (χ1v) is 15.2. The molecule has 0 amide bonds. The second-order valence-corrected chi connectivity index (χ2v) is 13.7. The molecule has 3 atom stereocenters. The van der Waals surface area contributed by atoms with E-state index in [0.717, 1.165) is 37.8 Å². The van der Waals surface area contributed by atoms with E-state index in [4.69, 9.17) is 27.0 Å². The van der Waals surface area contributed by atoms with Gasteiger partial charge in [0, 0.05) is 42.9 Å². The first kappa shape index (κ1) is 26.6. The zero-order valence-electron chi connectivity index (χ0n) is 23.0. The Kier molecular flexibility index (Phi) is 6.27. The summed E-state index contributed by atoms with van der Waals surface area (Å²) in [5, 5.41) is 21.4. The molecule has 1 unspecified atom stereocenters. The number of nitrogens with zero attached hydrogens (tertiary/aromatic N) is 8. The minimum Gasteiger partial charge on any atom is -0.461 e. The van der Waals surface area contributed by atoms with Gasteiger partial charge < -0.3 is 30.2 Å². The summed E-state index contributed by atoms with van der Waals surface area (Å²) in [5.41, 5.74) is 6.27. The van der Waals surface area contributed by atoms with Crippen LogP contribution in [0.3, 0.4) is 0 Å². The highest BCUT2D eigenvalue weighted by Gasteiger charge is 2.53. The van der Waals surface area contributed by atoms with E-state index in [-0.39, 0.29) is 30.1 Å². The van der Waals surface area contributed by atoms with Gasteiger partial charge in [0.25, 0.3) is 0 Å². The second kappa shape index (κ2) is 9.65. The van der Waals surface area contributed by atoms with Crippen molar-refractivity contribution in [2.75, 3.05) is 68.0 Å². The lowest BCUT2D eigenvalue weighted by Crippen LogP contribution is -2.59. The summed E-state index contributed by atoms with van der Waals surface area (Å²) in [7, 11) is 0. The Labute approximate surface area is 242 Å². The van der Waals surface area contributed by atoms with E-state index >= 15 is 0 Å². The fourth-order valence-electron chi connectivity index (χ4n) is 7.86. The van der Waals surface area contributed by atoms with Crippen molar-refractivity contribution in [3.63, 3.8) is 0 Å². The fourth-order valence-corrected chi connectivity index (χ4v) is 8.99. The number of hydrogen-bond acceptors (Lipinski definition) is 11. The summed E-state index contributed by atoms with van der Waals surface area (Å²) in [6.07, 6.45) is 4.65. The number of aromatic nitrogens is 3. The number of aryl methyl sites for hydroxylation is 1. The van der Waals surface area contributed by atoms with Crippen LogP contribution in [0.1, 0.15) is 54.5 Å². The van der Waals surface area contributed by atoms with Gasteiger partial charge in [-0.25, -0.2) is 11.0 Å². The highest BCUT2D eigenvalue weighted by molar-refractivity contribution is 7.16. The van der Waals surface area contributed by atoms with Gasteiger partial charge in [-0.15, -0.1) is 11.3 Å². The maximum atomic E-state index is 14.4. The van der Waals surface area contributed by atoms with Crippen molar-refractivity contribution in [2.45, 2.75) is 67.7 Å². The molecule has 2 aromatic heterocycles. The number of alkyl halides is 1. The molecule has 0 saturated carbocycles. The minimum absolute atomic E-state index is 0.0233. The number of nitriles is 1. The van der Waals surface area contributed by atoms with Crippen molar-refractivity contribution in [1.29, 1.82) is 5.26 Å². The summed E-state index contributed by atoms with van der Waals surface area (Å²) >= 11 is 1.52. The van der Waals surface area contributed by atoms with Crippen molar-refractivity contribution in [3.05, 3.63) is 27.4 Å². The topological polar surface area (TPSA) is 132 Å². The van der Waals surface area contributed by atoms with E-state index in [1.54, 1.807) is 0 Å². The maximum Gasteiger partial charge on any atom is 0.323 e. The largest absolute Gasteiger partial charge is 0.461 e. The maximum absolute atomic E-state index is 14.4. The molecule has 4 aliphatic heterocycles. The van der Waals surface area contributed by atoms with Crippen LogP contribution in [0.25, 0.3) is 4.85 Å². The van der Waals surface area contributed by atoms with Crippen LogP contribution < -0.4 is 20.3 Å². The molecule has 7 rings (SSSR count). The molecule has 13 heteroatoms. The number of anilines is 3. The van der Waals surface area contributed by atoms with Gasteiger partial charge in [-0.05, 0) is 50.6 Å². The summed E-state index contributed by atoms with van der Waals surface area (Å²) in [6, 6.07) is 2.51. The highest BCUT2D eigenvalue weighted by Crippen LogP contribution is 2.52. The summed E-state index contributed by atoms with van der Waals surface area (Å²) in [4.78, 5) is 25.1. The fraction of sp³-hybridized carbons (Fsp3) is 0.679. The Bertz CT molecular complexity index is 1450. The summed E-state index contributed by atoms with van der Waals surface area (Å²) < 4.78 is 20.6. The lowest BCUT2D eigenvalue weighted by Gasteiger charge is -2.48. The minimum atomic E-state index is -1.12. The van der Waals surface area contributed by atoms with E-state index in [0.29, 0.717) is 74.5 Å². The molecule has 4 saturated heterocycles. The number of thiophene rings is 1. The van der Waals surface area contributed by atoms with Crippen molar-refractivity contribution in [3.8, 4) is 12.1 Å². The zero-order valence-corrected chi connectivity index (χ0v) is 23.8. The van der Waals surface area contributed by atoms with E-state index in [2.05, 4.69) is 25.7 Å². The first-order chi connectivity index (χ1) is 19.8. The van der Waals surface area contributed by atoms with Crippen LogP contribution in [0.4, 0.5) is 21.3 Å². The van der Waals surface area contributed by atoms with Gasteiger partial charge in [0.15, 0.2) is 5.60 Å². The predicted octanol–water partition coefficient (Wildman–Crippen LogP) is 2.30. The lowest BCUT2D eigenvalue weighted by atomic mass is 9.74. The van der Waals surface area contributed by atoms with Crippen molar-refractivity contribution < 1.29 is 14.2 Å². The second-order valence-electron chi connectivity index (χ2n) is 12.5. The predicted molar refractivity (Wildman–Crippen MR) is 152 cm³/mol. The standard InChI is InChI=1S/C28H34FN9O2S/c1-32-13-28(39)6-3-8-36(16-28)23-33-24(35-25(34-23)40-17-27-5-2-9-38(27)12-18(29)10-27)37-14-26(15-37)7-4-20-21(26)19(11-30)22(31)41-20/h18,39H,2-10,12-17,31H2/t18-,27+,28?/m1/s1. The normalized spacial score (nSPS) is 30.1. The van der Waals surface area contributed by atoms with Gasteiger partial charge in [-0.1, -0.05) is 0 Å². The van der Waals surface area contributed by atoms with E-state index < -0.39 is 11.8 Å². The van der Waals surface area contributed by atoms with Crippen LogP contribution in [0.15, 0.2) is 0 Å². The van der Waals surface area contributed by atoms with Crippen LogP contribution >= 0.6 is 11.3 Å². The van der Waals surface area contributed by atoms with Gasteiger partial charge in [0.2, 0.25) is 18.4 Å². The Morgan fingerprint density at radius 2 is 1.93 bits per heavy atom. The molecular weight excluding hydrogens is 545 g/mol. The Balaban J connectivity index is 1.17. The molecule has 1 spiro atoms. The number of fused-ring (bicyclic) bond motifs is 3. The molecule has 41 heavy (non-hydrogen) atoms. The van der Waals surface area contributed by atoms with Gasteiger partial charge in [0.1, 0.15) is 23.8 Å². The third-order valence-corrected chi connectivity index (χ3v) is 10.9. The number of nitrogens with two attached hydrogens (primary N) is 1. The smallest absolute Gasteiger partial charge is 0.323 e. The molecule has 6 heterocycles. The van der Waals surface area contributed by atoms with Crippen molar-refractivity contribution in [1.82, 2.24) is 19.9 Å². The molecule has 1 aliphatic carbocycles. The molecule has 11 nitrogen and oxygen atoms in total. The quantitative estimate of drug-likeness (QED) is 0.492. The first-order valence-electron chi connectivity index (χ1n) is 14.4. The molecule has 2 aromatic rings. The molecule has 5 aliphatic rings. The average molecular weight is 580 g/mol. The summed E-state index contributed by atoms with van der Waals surface area (Å²) in [5.74, 6) is 0.898. The molecule has 4 fully saturated rings. The SMILES string of the molecule is [C-]#[N+]CC1(O)CCCN(c2nc(OC[C@@]34CCCN3C[C@H](F)C4)nc(N3CC4(CCc5sc(N)c(C#N)c54)C3)n2)C1. The van der Waals surface area contributed by atoms with Gasteiger partial charge in [0.05, 0.1) is 17.6 Å². The van der Waals surface area contributed by atoms with Gasteiger partial charge >= 0.3 is 6.01 Å². The highest BCUT2D eigenvalue weighted by atomic mass is 32.1. The lowest BCUT2D eigenvalue weighted by molar-refractivity contribution is 0.0413. The number of β-amino-alcohol motifs (C(OH)–C–C–N with tert-alkyl or cyclic N) is 1. The number of halogens is 1. The molecule has 0 radical (unpaired) electrons. The van der Waals surface area contributed by atoms with Crippen molar-refractivity contribution in [2.24, 2.45) is 0 Å². The number of rotatable bonds is 6. The number of ether oxygens (including phenoxy) is 1. The van der Waals surface area contributed by atoms with Crippen LogP contribution in [0.5, 0.6) is 6.01 Å². The Morgan fingerprint density at radius 3 is 2.71 bits per heavy atom. The number of aliphatic hydroxyl groups is 1. The van der Waals surface area contributed by atoms with E-state index in [1.807, 2.05) is 4.90 Å². The summed E-state index contributed by atoms with van der Waals surface area (Å²) in [6.45, 7) is 11.2. The molecular formula is C28H34FN9O2S. The zero-order chi connectivity index (χ0) is 28.4. The third kappa shape index (κ3) is 4.37. The molecule has 0 aromatic carbocycles.